The minimum Gasteiger partial charge on any atom is -0.494 e. The molecule has 0 saturated heterocycles. The lowest BCUT2D eigenvalue weighted by molar-refractivity contribution is 0.421. The first kappa shape index (κ1) is 16.8. The number of aromatic nitrogens is 1. The Labute approximate surface area is 154 Å². The standard InChI is InChI=1S/C22H14F2N2O/c1-27-22-19-12-14(13-25)10-11-26(19)21(16-4-8-18(24)9-5-16)20(22)15-2-6-17(23)7-3-15/h2-12H,1H3. The van der Waals surface area contributed by atoms with Gasteiger partial charge in [0.05, 0.1) is 35.5 Å². The average molecular weight is 360 g/mol. The number of rotatable bonds is 3. The molecule has 0 unspecified atom stereocenters. The summed E-state index contributed by atoms with van der Waals surface area (Å²) in [5, 5.41) is 9.25. The van der Waals surface area contributed by atoms with Gasteiger partial charge in [-0.05, 0) is 59.7 Å². The Kier molecular flexibility index (Phi) is 4.09. The van der Waals surface area contributed by atoms with Crippen LogP contribution in [0.1, 0.15) is 5.56 Å². The first-order valence-electron chi connectivity index (χ1n) is 8.26. The molecule has 2 aromatic carbocycles. The number of ether oxygens (including phenoxy) is 1. The molecule has 0 atom stereocenters. The first-order chi connectivity index (χ1) is 13.1. The van der Waals surface area contributed by atoms with E-state index in [1.54, 1.807) is 49.7 Å². The van der Waals surface area contributed by atoms with Gasteiger partial charge in [0, 0.05) is 6.20 Å². The molecule has 27 heavy (non-hydrogen) atoms. The zero-order valence-electron chi connectivity index (χ0n) is 14.4. The van der Waals surface area contributed by atoms with E-state index in [1.807, 2.05) is 4.40 Å². The molecule has 0 fully saturated rings. The van der Waals surface area contributed by atoms with Crippen LogP contribution in [-0.2, 0) is 0 Å². The predicted octanol–water partition coefficient (Wildman–Crippen LogP) is 5.43. The minimum atomic E-state index is -0.337. The van der Waals surface area contributed by atoms with Crippen LogP contribution in [0.4, 0.5) is 8.78 Å². The van der Waals surface area contributed by atoms with Crippen LogP contribution in [0.5, 0.6) is 5.75 Å². The predicted molar refractivity (Wildman–Crippen MR) is 99.5 cm³/mol. The van der Waals surface area contributed by atoms with E-state index in [-0.39, 0.29) is 11.6 Å². The maximum Gasteiger partial charge on any atom is 0.152 e. The topological polar surface area (TPSA) is 37.4 Å². The molecule has 0 N–H and O–H groups in total. The van der Waals surface area contributed by atoms with Crippen molar-refractivity contribution in [1.82, 2.24) is 4.40 Å². The molecule has 2 aromatic heterocycles. The molecule has 2 heterocycles. The average Bonchev–Trinajstić information content (AvgIpc) is 3.02. The zero-order valence-corrected chi connectivity index (χ0v) is 14.4. The van der Waals surface area contributed by atoms with Crippen LogP contribution in [0.25, 0.3) is 27.9 Å². The van der Waals surface area contributed by atoms with Crippen molar-refractivity contribution in [3.63, 3.8) is 0 Å². The number of hydrogen-bond donors (Lipinski definition) is 0. The summed E-state index contributed by atoms with van der Waals surface area (Å²) in [7, 11) is 1.55. The van der Waals surface area contributed by atoms with Crippen molar-refractivity contribution in [2.24, 2.45) is 0 Å². The number of halogens is 2. The SMILES string of the molecule is COc1c(-c2ccc(F)cc2)c(-c2ccc(F)cc2)n2ccc(C#N)cc12. The van der Waals surface area contributed by atoms with Gasteiger partial charge in [0.25, 0.3) is 0 Å². The summed E-state index contributed by atoms with van der Waals surface area (Å²) in [5.41, 5.74) is 4.26. The Hall–Kier alpha value is -3.65. The second-order valence-corrected chi connectivity index (χ2v) is 6.05. The molecule has 0 aliphatic heterocycles. The van der Waals surface area contributed by atoms with Crippen molar-refractivity contribution >= 4 is 5.52 Å². The van der Waals surface area contributed by atoms with Crippen molar-refractivity contribution in [3.8, 4) is 34.2 Å². The van der Waals surface area contributed by atoms with E-state index in [2.05, 4.69) is 6.07 Å². The summed E-state index contributed by atoms with van der Waals surface area (Å²) >= 11 is 0. The van der Waals surface area contributed by atoms with Crippen LogP contribution >= 0.6 is 0 Å². The van der Waals surface area contributed by atoms with E-state index in [4.69, 9.17) is 4.74 Å². The van der Waals surface area contributed by atoms with Crippen LogP contribution in [0.3, 0.4) is 0 Å². The maximum absolute atomic E-state index is 13.4. The van der Waals surface area contributed by atoms with Gasteiger partial charge >= 0.3 is 0 Å². The third-order valence-electron chi connectivity index (χ3n) is 4.48. The highest BCUT2D eigenvalue weighted by atomic mass is 19.1. The van der Waals surface area contributed by atoms with Gasteiger partial charge in [-0.3, -0.25) is 0 Å². The van der Waals surface area contributed by atoms with Gasteiger partial charge in [-0.25, -0.2) is 8.78 Å². The Bertz CT molecular complexity index is 1170. The molecule has 0 radical (unpaired) electrons. The van der Waals surface area contributed by atoms with Gasteiger partial charge in [-0.15, -0.1) is 0 Å². The molecule has 0 aliphatic rings. The molecule has 0 bridgehead atoms. The molecule has 0 aliphatic carbocycles. The lowest BCUT2D eigenvalue weighted by atomic mass is 10.0. The van der Waals surface area contributed by atoms with Gasteiger partial charge in [0.1, 0.15) is 11.6 Å². The van der Waals surface area contributed by atoms with Gasteiger partial charge in [0.2, 0.25) is 0 Å². The van der Waals surface area contributed by atoms with Gasteiger partial charge in [-0.1, -0.05) is 12.1 Å². The number of hydrogen-bond acceptors (Lipinski definition) is 2. The summed E-state index contributed by atoms with van der Waals surface area (Å²) in [6.45, 7) is 0. The Morgan fingerprint density at radius 2 is 1.48 bits per heavy atom. The number of methoxy groups -OCH3 is 1. The molecule has 0 saturated carbocycles. The van der Waals surface area contributed by atoms with Gasteiger partial charge in [0.15, 0.2) is 5.75 Å². The molecule has 132 valence electrons. The minimum absolute atomic E-state index is 0.332. The Morgan fingerprint density at radius 3 is 2.04 bits per heavy atom. The molecule has 0 amide bonds. The first-order valence-corrected chi connectivity index (χ1v) is 8.26. The fourth-order valence-electron chi connectivity index (χ4n) is 3.28. The smallest absolute Gasteiger partial charge is 0.152 e. The second kappa shape index (κ2) is 6.58. The van der Waals surface area contributed by atoms with E-state index in [0.29, 0.717) is 16.8 Å². The number of nitriles is 1. The number of pyridine rings is 1. The molecular weight excluding hydrogens is 346 g/mol. The van der Waals surface area contributed by atoms with E-state index < -0.39 is 0 Å². The zero-order chi connectivity index (χ0) is 19.0. The number of benzene rings is 2. The van der Waals surface area contributed by atoms with Crippen LogP contribution in [0.2, 0.25) is 0 Å². The molecule has 3 nitrogen and oxygen atoms in total. The monoisotopic (exact) mass is 360 g/mol. The van der Waals surface area contributed by atoms with Crippen molar-refractivity contribution in [2.75, 3.05) is 7.11 Å². The quantitative estimate of drug-likeness (QED) is 0.488. The molecule has 4 rings (SSSR count). The summed E-state index contributed by atoms with van der Waals surface area (Å²) in [5.74, 6) is -0.101. The highest BCUT2D eigenvalue weighted by Gasteiger charge is 2.22. The van der Waals surface area contributed by atoms with Crippen LogP contribution in [-0.4, -0.2) is 11.5 Å². The largest absolute Gasteiger partial charge is 0.494 e. The molecule has 0 spiro atoms. The Balaban J connectivity index is 2.12. The molecular formula is C22H14F2N2O. The van der Waals surface area contributed by atoms with Crippen molar-refractivity contribution in [1.29, 1.82) is 5.26 Å². The highest BCUT2D eigenvalue weighted by molar-refractivity contribution is 5.94. The van der Waals surface area contributed by atoms with Crippen LogP contribution < -0.4 is 4.74 Å². The normalized spacial score (nSPS) is 10.7. The summed E-state index contributed by atoms with van der Waals surface area (Å²) < 4.78 is 34.5. The van der Waals surface area contributed by atoms with E-state index in [0.717, 1.165) is 22.4 Å². The maximum atomic E-state index is 13.4. The highest BCUT2D eigenvalue weighted by Crippen LogP contribution is 2.44. The fourth-order valence-corrected chi connectivity index (χ4v) is 3.28. The lowest BCUT2D eigenvalue weighted by Crippen LogP contribution is -1.90. The van der Waals surface area contributed by atoms with Crippen LogP contribution in [0, 0.1) is 23.0 Å². The Morgan fingerprint density at radius 1 is 0.889 bits per heavy atom. The van der Waals surface area contributed by atoms with E-state index in [1.165, 1.54) is 24.3 Å². The lowest BCUT2D eigenvalue weighted by Gasteiger charge is -2.08. The van der Waals surface area contributed by atoms with E-state index in [9.17, 15) is 14.0 Å². The number of fused-ring (bicyclic) bond motifs is 1. The second-order valence-electron chi connectivity index (χ2n) is 6.05. The van der Waals surface area contributed by atoms with Gasteiger partial charge < -0.3 is 9.14 Å². The third kappa shape index (κ3) is 2.81. The van der Waals surface area contributed by atoms with Crippen molar-refractivity contribution in [2.45, 2.75) is 0 Å². The van der Waals surface area contributed by atoms with E-state index >= 15 is 0 Å². The number of nitrogens with zero attached hydrogens (tertiary/aromatic N) is 2. The summed E-state index contributed by atoms with van der Waals surface area (Å²) in [6.07, 6.45) is 1.78. The summed E-state index contributed by atoms with van der Waals surface area (Å²) in [4.78, 5) is 0. The summed E-state index contributed by atoms with van der Waals surface area (Å²) in [6, 6.07) is 17.8. The van der Waals surface area contributed by atoms with Crippen molar-refractivity contribution in [3.05, 3.63) is 84.1 Å². The van der Waals surface area contributed by atoms with Gasteiger partial charge in [-0.2, -0.15) is 5.26 Å². The molecule has 5 heteroatoms. The fraction of sp³-hybridized carbons (Fsp3) is 0.0455. The third-order valence-corrected chi connectivity index (χ3v) is 4.48. The van der Waals surface area contributed by atoms with Crippen LogP contribution in [0.15, 0.2) is 66.9 Å². The van der Waals surface area contributed by atoms with Crippen molar-refractivity contribution < 1.29 is 13.5 Å². The molecule has 4 aromatic rings.